The van der Waals surface area contributed by atoms with Gasteiger partial charge in [0.2, 0.25) is 0 Å². The van der Waals surface area contributed by atoms with Crippen LogP contribution in [0, 0.1) is 5.92 Å². The van der Waals surface area contributed by atoms with Crippen LogP contribution in [0.3, 0.4) is 0 Å². The van der Waals surface area contributed by atoms with Gasteiger partial charge >= 0.3 is 12.1 Å². The summed E-state index contributed by atoms with van der Waals surface area (Å²) in [7, 11) is 0. The maximum absolute atomic E-state index is 12.2. The summed E-state index contributed by atoms with van der Waals surface area (Å²) in [5.41, 5.74) is -1.46. The van der Waals surface area contributed by atoms with Crippen molar-refractivity contribution in [2.75, 3.05) is 0 Å². The Labute approximate surface area is 93.2 Å². The average Bonchev–Trinajstić information content (AvgIpc) is 2.12. The highest BCUT2D eigenvalue weighted by atomic mass is 19.4. The van der Waals surface area contributed by atoms with Gasteiger partial charge in [-0.25, -0.2) is 4.79 Å². The van der Waals surface area contributed by atoms with Crippen molar-refractivity contribution in [2.45, 2.75) is 45.7 Å². The van der Waals surface area contributed by atoms with Crippen molar-refractivity contribution in [3.05, 3.63) is 11.6 Å². The molecule has 1 atom stereocenters. The number of aliphatic carboxylic acids is 1. The van der Waals surface area contributed by atoms with Crippen LogP contribution in [-0.4, -0.2) is 17.3 Å². The molecule has 0 heterocycles. The second kappa shape index (κ2) is 6.55. The third-order valence-corrected chi connectivity index (χ3v) is 2.31. The summed E-state index contributed by atoms with van der Waals surface area (Å²) < 4.78 is 36.7. The van der Waals surface area contributed by atoms with Crippen LogP contribution >= 0.6 is 0 Å². The van der Waals surface area contributed by atoms with E-state index in [0.29, 0.717) is 0 Å². The minimum atomic E-state index is -4.77. The molecule has 0 aliphatic heterocycles. The maximum Gasteiger partial charge on any atom is 0.423 e. The lowest BCUT2D eigenvalue weighted by Crippen LogP contribution is -2.19. The van der Waals surface area contributed by atoms with Crippen molar-refractivity contribution in [3.63, 3.8) is 0 Å². The molecular formula is C11H17F3O2. The number of carbonyl (C=O) groups is 1. The summed E-state index contributed by atoms with van der Waals surface area (Å²) in [6.45, 7) is 3.82. The first kappa shape index (κ1) is 15.0. The average molecular weight is 238 g/mol. The fourth-order valence-corrected chi connectivity index (χ4v) is 1.31. The molecule has 0 aromatic carbocycles. The molecule has 0 bridgehead atoms. The van der Waals surface area contributed by atoms with E-state index in [-0.39, 0.29) is 12.3 Å². The Hall–Kier alpha value is -1.00. The second-order valence-corrected chi connectivity index (χ2v) is 3.90. The zero-order valence-electron chi connectivity index (χ0n) is 9.47. The number of rotatable bonds is 6. The first-order valence-corrected chi connectivity index (χ1v) is 5.29. The number of hydrogen-bond acceptors (Lipinski definition) is 1. The van der Waals surface area contributed by atoms with E-state index in [1.54, 1.807) is 0 Å². The number of carboxylic acids is 1. The predicted octanol–water partition coefficient (Wildman–Crippen LogP) is 3.78. The predicted molar refractivity (Wildman–Crippen MR) is 55.1 cm³/mol. The number of halogens is 3. The molecule has 0 spiro atoms. The molecule has 0 aromatic heterocycles. The Kier molecular flexibility index (Phi) is 6.14. The largest absolute Gasteiger partial charge is 0.478 e. The van der Waals surface area contributed by atoms with Gasteiger partial charge in [0.1, 0.15) is 5.57 Å². The lowest BCUT2D eigenvalue weighted by atomic mass is 9.99. The van der Waals surface area contributed by atoms with Crippen LogP contribution in [0.5, 0.6) is 0 Å². The molecule has 0 aliphatic rings. The highest BCUT2D eigenvalue weighted by Crippen LogP contribution is 2.27. The van der Waals surface area contributed by atoms with E-state index >= 15 is 0 Å². The highest BCUT2D eigenvalue weighted by Gasteiger charge is 2.38. The maximum atomic E-state index is 12.2. The molecule has 0 amide bonds. The van der Waals surface area contributed by atoms with Crippen LogP contribution in [0.15, 0.2) is 11.6 Å². The Balaban J connectivity index is 4.41. The van der Waals surface area contributed by atoms with Crippen molar-refractivity contribution in [2.24, 2.45) is 5.92 Å². The standard InChI is InChI=1S/C11H17F3O2/c1-3-4-5-8(2)6-7-9(10(15)16)11(12,13)14/h7-8H,3-6H2,1-2H3,(H,15,16). The van der Waals surface area contributed by atoms with E-state index in [2.05, 4.69) is 0 Å². The molecule has 0 rings (SSSR count). The number of hydrogen-bond donors (Lipinski definition) is 1. The van der Waals surface area contributed by atoms with Crippen molar-refractivity contribution < 1.29 is 23.1 Å². The van der Waals surface area contributed by atoms with Gasteiger partial charge in [0, 0.05) is 0 Å². The molecule has 0 aromatic rings. The summed E-state index contributed by atoms with van der Waals surface area (Å²) in [5, 5.41) is 8.41. The van der Waals surface area contributed by atoms with E-state index in [9.17, 15) is 18.0 Å². The monoisotopic (exact) mass is 238 g/mol. The zero-order chi connectivity index (χ0) is 12.8. The molecule has 94 valence electrons. The van der Waals surface area contributed by atoms with Gasteiger partial charge in [-0.05, 0) is 12.3 Å². The molecule has 0 saturated heterocycles. The summed E-state index contributed by atoms with van der Waals surface area (Å²) in [6, 6.07) is 0. The van der Waals surface area contributed by atoms with Crippen molar-refractivity contribution in [1.82, 2.24) is 0 Å². The van der Waals surface area contributed by atoms with Crippen LogP contribution < -0.4 is 0 Å². The molecule has 1 N–H and O–H groups in total. The summed E-state index contributed by atoms with van der Waals surface area (Å²) in [6.07, 6.45) is -1.08. The molecule has 0 saturated carbocycles. The summed E-state index contributed by atoms with van der Waals surface area (Å²) in [5.74, 6) is -1.83. The van der Waals surface area contributed by atoms with Gasteiger partial charge in [-0.3, -0.25) is 0 Å². The topological polar surface area (TPSA) is 37.3 Å². The van der Waals surface area contributed by atoms with Crippen LogP contribution in [0.25, 0.3) is 0 Å². The van der Waals surface area contributed by atoms with Gasteiger partial charge in [0.25, 0.3) is 0 Å². The molecule has 16 heavy (non-hydrogen) atoms. The van der Waals surface area contributed by atoms with E-state index in [0.717, 1.165) is 25.3 Å². The number of unbranched alkanes of at least 4 members (excludes halogenated alkanes) is 1. The van der Waals surface area contributed by atoms with E-state index in [1.165, 1.54) is 0 Å². The SMILES string of the molecule is CCCCC(C)CC=C(C(=O)O)C(F)(F)F. The molecule has 1 unspecified atom stereocenters. The minimum Gasteiger partial charge on any atom is -0.478 e. The molecule has 2 nitrogen and oxygen atoms in total. The quantitative estimate of drug-likeness (QED) is 0.715. The fourth-order valence-electron chi connectivity index (χ4n) is 1.31. The van der Waals surface area contributed by atoms with Crippen LogP contribution in [0.4, 0.5) is 13.2 Å². The van der Waals surface area contributed by atoms with Gasteiger partial charge in [-0.15, -0.1) is 0 Å². The fraction of sp³-hybridized carbons (Fsp3) is 0.727. The number of allylic oxidation sites excluding steroid dienone is 1. The van der Waals surface area contributed by atoms with E-state index in [4.69, 9.17) is 5.11 Å². The Morgan fingerprint density at radius 2 is 2.00 bits per heavy atom. The van der Waals surface area contributed by atoms with Gasteiger partial charge in [-0.2, -0.15) is 13.2 Å². The zero-order valence-corrected chi connectivity index (χ0v) is 9.47. The highest BCUT2D eigenvalue weighted by molar-refractivity contribution is 5.87. The Morgan fingerprint density at radius 3 is 2.38 bits per heavy atom. The first-order valence-electron chi connectivity index (χ1n) is 5.29. The minimum absolute atomic E-state index is 0.0802. The third-order valence-electron chi connectivity index (χ3n) is 2.31. The van der Waals surface area contributed by atoms with Gasteiger partial charge in [-0.1, -0.05) is 39.2 Å². The molecule has 0 radical (unpaired) electrons. The van der Waals surface area contributed by atoms with Crippen molar-refractivity contribution in [1.29, 1.82) is 0 Å². The van der Waals surface area contributed by atoms with Gasteiger partial charge in [0.05, 0.1) is 0 Å². The van der Waals surface area contributed by atoms with E-state index in [1.807, 2.05) is 13.8 Å². The first-order chi connectivity index (χ1) is 7.29. The van der Waals surface area contributed by atoms with Gasteiger partial charge < -0.3 is 5.11 Å². The van der Waals surface area contributed by atoms with Crippen LogP contribution in [0.1, 0.15) is 39.5 Å². The van der Waals surface area contributed by atoms with Crippen molar-refractivity contribution >= 4 is 5.97 Å². The molecule has 0 fully saturated rings. The van der Waals surface area contributed by atoms with E-state index < -0.39 is 17.7 Å². The number of carboxylic acid groups (broad SMARTS) is 1. The van der Waals surface area contributed by atoms with Crippen LogP contribution in [-0.2, 0) is 4.79 Å². The lowest BCUT2D eigenvalue weighted by Gasteiger charge is -2.10. The Morgan fingerprint density at radius 1 is 1.44 bits per heavy atom. The number of alkyl halides is 3. The normalized spacial score (nSPS) is 14.9. The second-order valence-electron chi connectivity index (χ2n) is 3.90. The smallest absolute Gasteiger partial charge is 0.423 e. The summed E-state index contributed by atoms with van der Waals surface area (Å²) in [4.78, 5) is 10.4. The molecule has 5 heteroatoms. The Bertz CT molecular complexity index is 256. The summed E-state index contributed by atoms with van der Waals surface area (Å²) >= 11 is 0. The van der Waals surface area contributed by atoms with Crippen LogP contribution in [0.2, 0.25) is 0 Å². The third kappa shape index (κ3) is 5.78. The van der Waals surface area contributed by atoms with Crippen molar-refractivity contribution in [3.8, 4) is 0 Å². The molecule has 0 aliphatic carbocycles. The van der Waals surface area contributed by atoms with Gasteiger partial charge in [0.15, 0.2) is 0 Å². The molecular weight excluding hydrogens is 221 g/mol. The lowest BCUT2D eigenvalue weighted by molar-refractivity contribution is -0.144.